The summed E-state index contributed by atoms with van der Waals surface area (Å²) in [6, 6.07) is 7.85. The maximum atomic E-state index is 12.4. The average molecular weight is 403 g/mol. The summed E-state index contributed by atoms with van der Waals surface area (Å²) in [5.74, 6) is 0. The Morgan fingerprint density at radius 2 is 1.52 bits per heavy atom. The first-order valence-corrected chi connectivity index (χ1v) is 10.2. The smallest absolute Gasteiger partial charge is 0.444 e. The van der Waals surface area contributed by atoms with Gasteiger partial charge in [0, 0.05) is 12.8 Å². The Bertz CT molecular complexity index is 755. The lowest BCUT2D eigenvalue weighted by atomic mass is 9.62. The third kappa shape index (κ3) is 4.47. The summed E-state index contributed by atoms with van der Waals surface area (Å²) < 4.78 is 17.7. The van der Waals surface area contributed by atoms with E-state index in [1.165, 1.54) is 0 Å². The van der Waals surface area contributed by atoms with Gasteiger partial charge in [0.1, 0.15) is 5.60 Å². The van der Waals surface area contributed by atoms with Crippen LogP contribution in [0.4, 0.5) is 4.79 Å². The van der Waals surface area contributed by atoms with Gasteiger partial charge in [-0.05, 0) is 66.4 Å². The second-order valence-corrected chi connectivity index (χ2v) is 10.8. The molecule has 6 nitrogen and oxygen atoms in total. The minimum absolute atomic E-state index is 0.400. The number of hydrogen-bond acceptors (Lipinski definition) is 5. The molecule has 1 aliphatic carbocycles. The highest BCUT2D eigenvalue weighted by atomic mass is 16.7. The molecule has 0 bridgehead atoms. The fourth-order valence-electron chi connectivity index (χ4n) is 4.05. The van der Waals surface area contributed by atoms with Gasteiger partial charge >= 0.3 is 13.2 Å². The number of aliphatic hydroxyl groups is 1. The van der Waals surface area contributed by atoms with E-state index >= 15 is 0 Å². The van der Waals surface area contributed by atoms with Crippen molar-refractivity contribution in [3.05, 3.63) is 29.8 Å². The Balaban J connectivity index is 1.79. The SMILES string of the molecule is CC1(O)CC(NC(=O)OC(C)(C)C)(c2ccc(B3OC(C)(C)C(C)(C)O3)cc2)C1. The van der Waals surface area contributed by atoms with E-state index in [1.54, 1.807) is 6.92 Å². The molecule has 0 unspecified atom stereocenters. The second-order valence-electron chi connectivity index (χ2n) is 10.8. The summed E-state index contributed by atoms with van der Waals surface area (Å²) in [6.07, 6.45) is 0.368. The van der Waals surface area contributed by atoms with E-state index in [0.717, 1.165) is 11.0 Å². The number of carbonyl (C=O) groups is 1. The summed E-state index contributed by atoms with van der Waals surface area (Å²) in [5, 5.41) is 13.4. The molecule has 1 aromatic carbocycles. The van der Waals surface area contributed by atoms with Gasteiger partial charge in [0.15, 0.2) is 0 Å². The number of ether oxygens (including phenoxy) is 1. The van der Waals surface area contributed by atoms with E-state index in [-0.39, 0.29) is 0 Å². The predicted molar refractivity (Wildman–Crippen MR) is 113 cm³/mol. The van der Waals surface area contributed by atoms with E-state index in [0.29, 0.717) is 12.8 Å². The average Bonchev–Trinajstić information content (AvgIpc) is 2.71. The normalized spacial score (nSPS) is 30.6. The Kier molecular flexibility index (Phi) is 5.13. The van der Waals surface area contributed by atoms with Crippen molar-refractivity contribution in [3.63, 3.8) is 0 Å². The van der Waals surface area contributed by atoms with Gasteiger partial charge in [-0.15, -0.1) is 0 Å². The third-order valence-corrected chi connectivity index (χ3v) is 6.09. The number of rotatable bonds is 3. The molecule has 2 aliphatic rings. The number of nitrogens with one attached hydrogen (secondary N) is 1. The Labute approximate surface area is 174 Å². The van der Waals surface area contributed by atoms with Gasteiger partial charge in [0.2, 0.25) is 0 Å². The highest BCUT2D eigenvalue weighted by molar-refractivity contribution is 6.62. The van der Waals surface area contributed by atoms with E-state index in [9.17, 15) is 9.90 Å². The lowest BCUT2D eigenvalue weighted by Crippen LogP contribution is -2.62. The molecule has 0 radical (unpaired) electrons. The van der Waals surface area contributed by atoms with Crippen molar-refractivity contribution in [2.24, 2.45) is 0 Å². The molecule has 0 atom stereocenters. The molecule has 29 heavy (non-hydrogen) atoms. The second kappa shape index (κ2) is 6.72. The zero-order chi connectivity index (χ0) is 21.9. The maximum Gasteiger partial charge on any atom is 0.494 e. The van der Waals surface area contributed by atoms with Crippen molar-refractivity contribution >= 4 is 18.7 Å². The minimum Gasteiger partial charge on any atom is -0.444 e. The summed E-state index contributed by atoms with van der Waals surface area (Å²) in [4.78, 5) is 12.4. The van der Waals surface area contributed by atoms with Crippen LogP contribution in [-0.4, -0.2) is 40.7 Å². The van der Waals surface area contributed by atoms with Crippen molar-refractivity contribution in [2.75, 3.05) is 0 Å². The molecule has 0 spiro atoms. The van der Waals surface area contributed by atoms with Crippen molar-refractivity contribution in [1.29, 1.82) is 0 Å². The van der Waals surface area contributed by atoms with Crippen LogP contribution in [0.2, 0.25) is 0 Å². The van der Waals surface area contributed by atoms with Crippen LogP contribution in [0.3, 0.4) is 0 Å². The summed E-state index contributed by atoms with van der Waals surface area (Å²) >= 11 is 0. The molecular formula is C22H34BNO5. The van der Waals surface area contributed by atoms with Gasteiger partial charge in [0.25, 0.3) is 0 Å². The predicted octanol–water partition coefficient (Wildman–Crippen LogP) is 3.25. The molecule has 1 saturated carbocycles. The van der Waals surface area contributed by atoms with Crippen LogP contribution >= 0.6 is 0 Å². The number of carbonyl (C=O) groups excluding carboxylic acids is 1. The standard InChI is InChI=1S/C22H34BNO5/c1-18(2,3)27-17(25)24-22(13-21(8,26)14-22)15-9-11-16(12-10-15)23-28-19(4,5)20(6,7)29-23/h9-12,26H,13-14H2,1-8H3,(H,24,25). The van der Waals surface area contributed by atoms with Crippen LogP contribution in [0.15, 0.2) is 24.3 Å². The van der Waals surface area contributed by atoms with E-state index in [2.05, 4.69) is 5.32 Å². The molecule has 2 N–H and O–H groups in total. The van der Waals surface area contributed by atoms with Crippen LogP contribution in [-0.2, 0) is 19.6 Å². The number of benzene rings is 1. The molecule has 3 rings (SSSR count). The Morgan fingerprint density at radius 1 is 1.03 bits per heavy atom. The zero-order valence-electron chi connectivity index (χ0n) is 18.9. The first kappa shape index (κ1) is 22.1. The zero-order valence-corrected chi connectivity index (χ0v) is 18.9. The van der Waals surface area contributed by atoms with Crippen molar-refractivity contribution in [1.82, 2.24) is 5.32 Å². The fourth-order valence-corrected chi connectivity index (χ4v) is 4.05. The molecule has 160 valence electrons. The lowest BCUT2D eigenvalue weighted by molar-refractivity contribution is -0.0892. The molecule has 1 aromatic rings. The maximum absolute atomic E-state index is 12.4. The van der Waals surface area contributed by atoms with Crippen LogP contribution in [0.5, 0.6) is 0 Å². The van der Waals surface area contributed by atoms with Crippen LogP contribution in [0, 0.1) is 0 Å². The fraction of sp³-hybridized carbons (Fsp3) is 0.682. The first-order valence-electron chi connectivity index (χ1n) is 10.2. The topological polar surface area (TPSA) is 77.0 Å². The monoisotopic (exact) mass is 403 g/mol. The number of alkyl carbamates (subject to hydrolysis) is 1. The highest BCUT2D eigenvalue weighted by Crippen LogP contribution is 2.48. The van der Waals surface area contributed by atoms with Crippen LogP contribution in [0.25, 0.3) is 0 Å². The van der Waals surface area contributed by atoms with Gasteiger partial charge in [-0.1, -0.05) is 24.3 Å². The van der Waals surface area contributed by atoms with E-state index in [1.807, 2.05) is 72.7 Å². The summed E-state index contributed by atoms with van der Waals surface area (Å²) in [5.41, 5.74) is -1.01. The highest BCUT2D eigenvalue weighted by Gasteiger charge is 2.54. The molecule has 0 aromatic heterocycles. The number of amides is 1. The molecular weight excluding hydrogens is 369 g/mol. The lowest BCUT2D eigenvalue weighted by Gasteiger charge is -2.52. The number of hydrogen-bond donors (Lipinski definition) is 2. The largest absolute Gasteiger partial charge is 0.494 e. The molecule has 2 fully saturated rings. The van der Waals surface area contributed by atoms with Crippen molar-refractivity contribution < 1.29 is 23.9 Å². The Hall–Kier alpha value is -1.57. The van der Waals surface area contributed by atoms with Crippen molar-refractivity contribution in [3.8, 4) is 0 Å². The third-order valence-electron chi connectivity index (χ3n) is 6.09. The first-order chi connectivity index (χ1) is 13.0. The summed E-state index contributed by atoms with van der Waals surface area (Å²) in [7, 11) is -0.437. The van der Waals surface area contributed by atoms with Crippen LogP contribution < -0.4 is 10.8 Å². The van der Waals surface area contributed by atoms with Crippen LogP contribution in [0.1, 0.15) is 73.8 Å². The molecule has 7 heteroatoms. The molecule has 1 amide bonds. The van der Waals surface area contributed by atoms with Gasteiger partial charge in [-0.2, -0.15) is 0 Å². The minimum atomic E-state index is -0.820. The van der Waals surface area contributed by atoms with E-state index in [4.69, 9.17) is 14.0 Å². The van der Waals surface area contributed by atoms with E-state index < -0.39 is 41.2 Å². The summed E-state index contributed by atoms with van der Waals surface area (Å²) in [6.45, 7) is 15.4. The molecule has 1 aliphatic heterocycles. The van der Waals surface area contributed by atoms with Gasteiger partial charge in [-0.25, -0.2) is 4.79 Å². The van der Waals surface area contributed by atoms with Gasteiger partial charge in [-0.3, -0.25) is 0 Å². The molecule has 1 heterocycles. The molecule has 1 saturated heterocycles. The van der Waals surface area contributed by atoms with Gasteiger partial charge < -0.3 is 24.5 Å². The van der Waals surface area contributed by atoms with Crippen molar-refractivity contribution in [2.45, 2.75) is 96.2 Å². The van der Waals surface area contributed by atoms with Gasteiger partial charge in [0.05, 0.1) is 22.3 Å². The Morgan fingerprint density at radius 3 is 1.93 bits per heavy atom. The quantitative estimate of drug-likeness (QED) is 0.758.